The van der Waals surface area contributed by atoms with Crippen molar-refractivity contribution in [3.05, 3.63) is 33.2 Å². The quantitative estimate of drug-likeness (QED) is 0.875. The van der Waals surface area contributed by atoms with Gasteiger partial charge in [0.15, 0.2) is 0 Å². The Kier molecular flexibility index (Phi) is 5.11. The summed E-state index contributed by atoms with van der Waals surface area (Å²) in [6.45, 7) is 1.37. The maximum atomic E-state index is 12.1. The first kappa shape index (κ1) is 15.0. The Morgan fingerprint density at radius 3 is 3.00 bits per heavy atom. The van der Waals surface area contributed by atoms with Crippen LogP contribution in [0.25, 0.3) is 0 Å². The Morgan fingerprint density at radius 2 is 2.35 bits per heavy atom. The maximum Gasteiger partial charge on any atom is 0.244 e. The smallest absolute Gasteiger partial charge is 0.244 e. The van der Waals surface area contributed by atoms with Crippen molar-refractivity contribution < 1.29 is 4.79 Å². The van der Waals surface area contributed by atoms with Gasteiger partial charge in [-0.1, -0.05) is 16.8 Å². The van der Waals surface area contributed by atoms with Crippen LogP contribution < -0.4 is 5.32 Å². The molecule has 0 saturated heterocycles. The van der Waals surface area contributed by atoms with E-state index in [4.69, 9.17) is 11.6 Å². The Balaban J connectivity index is 1.89. The van der Waals surface area contributed by atoms with E-state index in [1.807, 2.05) is 19.2 Å². The van der Waals surface area contributed by atoms with Crippen molar-refractivity contribution in [2.75, 3.05) is 14.1 Å². The molecule has 0 spiro atoms. The van der Waals surface area contributed by atoms with Crippen LogP contribution in [-0.4, -0.2) is 39.9 Å². The average Bonchev–Trinajstić information content (AvgIpc) is 2.99. The predicted octanol–water partition coefficient (Wildman–Crippen LogP) is 1.37. The summed E-state index contributed by atoms with van der Waals surface area (Å²) in [7, 11) is 3.60. The summed E-state index contributed by atoms with van der Waals surface area (Å²) < 4.78 is 2.28. The van der Waals surface area contributed by atoms with E-state index >= 15 is 0 Å². The normalized spacial score (nSPS) is 10.8. The SMILES string of the molecule is CNCc1cn(CC(=O)N(C)Cc2ccc(Cl)s2)nn1. The zero-order valence-electron chi connectivity index (χ0n) is 11.3. The van der Waals surface area contributed by atoms with Gasteiger partial charge in [0.2, 0.25) is 5.91 Å². The van der Waals surface area contributed by atoms with Crippen LogP contribution in [0.15, 0.2) is 18.3 Å². The third-order valence-electron chi connectivity index (χ3n) is 2.69. The van der Waals surface area contributed by atoms with Crippen molar-refractivity contribution in [3.8, 4) is 0 Å². The Hall–Kier alpha value is -1.44. The van der Waals surface area contributed by atoms with E-state index in [0.717, 1.165) is 14.9 Å². The highest BCUT2D eigenvalue weighted by Crippen LogP contribution is 2.22. The Morgan fingerprint density at radius 1 is 1.55 bits per heavy atom. The average molecular weight is 314 g/mol. The van der Waals surface area contributed by atoms with Crippen molar-refractivity contribution in [1.29, 1.82) is 0 Å². The number of hydrogen-bond acceptors (Lipinski definition) is 5. The van der Waals surface area contributed by atoms with E-state index in [0.29, 0.717) is 13.1 Å². The molecule has 20 heavy (non-hydrogen) atoms. The highest BCUT2D eigenvalue weighted by atomic mass is 35.5. The zero-order valence-corrected chi connectivity index (χ0v) is 12.9. The first-order chi connectivity index (χ1) is 9.58. The minimum absolute atomic E-state index is 0.0181. The third-order valence-corrected chi connectivity index (χ3v) is 3.90. The third kappa shape index (κ3) is 4.03. The fourth-order valence-corrected chi connectivity index (χ4v) is 2.84. The van der Waals surface area contributed by atoms with Gasteiger partial charge in [-0.05, 0) is 19.2 Å². The van der Waals surface area contributed by atoms with Crippen molar-refractivity contribution >= 4 is 28.8 Å². The molecule has 0 bridgehead atoms. The molecule has 0 unspecified atom stereocenters. The molecular weight excluding hydrogens is 298 g/mol. The lowest BCUT2D eigenvalue weighted by Gasteiger charge is -2.15. The van der Waals surface area contributed by atoms with Crippen LogP contribution in [-0.2, 0) is 24.4 Å². The number of thiophene rings is 1. The van der Waals surface area contributed by atoms with Gasteiger partial charge in [0.05, 0.1) is 22.8 Å². The second kappa shape index (κ2) is 6.83. The molecule has 1 N–H and O–H groups in total. The van der Waals surface area contributed by atoms with E-state index in [2.05, 4.69) is 15.6 Å². The van der Waals surface area contributed by atoms with Crippen molar-refractivity contribution in [1.82, 2.24) is 25.2 Å². The number of nitrogens with zero attached hydrogens (tertiary/aromatic N) is 4. The second-order valence-corrected chi connectivity index (χ2v) is 6.19. The number of aromatic nitrogens is 3. The van der Waals surface area contributed by atoms with Gasteiger partial charge in [0.1, 0.15) is 6.54 Å². The van der Waals surface area contributed by atoms with Crippen LogP contribution in [0.5, 0.6) is 0 Å². The molecule has 0 fully saturated rings. The molecule has 0 aromatic carbocycles. The number of nitrogens with one attached hydrogen (secondary N) is 1. The summed E-state index contributed by atoms with van der Waals surface area (Å²) in [4.78, 5) is 14.8. The predicted molar refractivity (Wildman–Crippen MR) is 78.6 cm³/mol. The van der Waals surface area contributed by atoms with Gasteiger partial charge in [-0.2, -0.15) is 0 Å². The fourth-order valence-electron chi connectivity index (χ4n) is 1.70. The van der Waals surface area contributed by atoms with E-state index < -0.39 is 0 Å². The van der Waals surface area contributed by atoms with Crippen LogP contribution in [0.4, 0.5) is 0 Å². The molecule has 0 atom stereocenters. The fraction of sp³-hybridized carbons (Fsp3) is 0.417. The lowest BCUT2D eigenvalue weighted by Crippen LogP contribution is -2.29. The molecule has 2 rings (SSSR count). The summed E-state index contributed by atoms with van der Waals surface area (Å²) in [5.41, 5.74) is 0.813. The minimum Gasteiger partial charge on any atom is -0.339 e. The summed E-state index contributed by atoms with van der Waals surface area (Å²) >= 11 is 7.35. The van der Waals surface area contributed by atoms with Crippen LogP contribution in [0, 0.1) is 0 Å². The summed E-state index contributed by atoms with van der Waals surface area (Å²) in [6, 6.07) is 3.76. The number of hydrogen-bond donors (Lipinski definition) is 1. The Bertz CT molecular complexity index is 582. The molecule has 2 aromatic heterocycles. The molecule has 0 aliphatic rings. The highest BCUT2D eigenvalue weighted by molar-refractivity contribution is 7.16. The minimum atomic E-state index is -0.0181. The number of halogens is 1. The lowest BCUT2D eigenvalue weighted by atomic mass is 10.4. The molecule has 8 heteroatoms. The molecule has 6 nitrogen and oxygen atoms in total. The molecule has 2 aromatic rings. The first-order valence-corrected chi connectivity index (χ1v) is 7.29. The number of likely N-dealkylation sites (N-methyl/N-ethyl adjacent to an activating group) is 1. The molecule has 0 saturated carbocycles. The maximum absolute atomic E-state index is 12.1. The van der Waals surface area contributed by atoms with Gasteiger partial charge >= 0.3 is 0 Å². The molecular formula is C12H16ClN5OS. The molecule has 1 amide bonds. The first-order valence-electron chi connectivity index (χ1n) is 6.10. The van der Waals surface area contributed by atoms with Crippen molar-refractivity contribution in [3.63, 3.8) is 0 Å². The Labute approximate surface area is 126 Å². The number of carbonyl (C=O) groups excluding carboxylic acids is 1. The van der Waals surface area contributed by atoms with Crippen LogP contribution in [0.2, 0.25) is 4.34 Å². The molecule has 0 aliphatic heterocycles. The van der Waals surface area contributed by atoms with Gasteiger partial charge in [-0.3, -0.25) is 4.79 Å². The number of rotatable bonds is 6. The van der Waals surface area contributed by atoms with Crippen LogP contribution >= 0.6 is 22.9 Å². The molecule has 0 radical (unpaired) electrons. The second-order valence-electron chi connectivity index (χ2n) is 4.39. The van der Waals surface area contributed by atoms with Crippen LogP contribution in [0.3, 0.4) is 0 Å². The number of carbonyl (C=O) groups is 1. The summed E-state index contributed by atoms with van der Waals surface area (Å²) in [5.74, 6) is -0.0181. The number of amides is 1. The van der Waals surface area contributed by atoms with Crippen molar-refractivity contribution in [2.45, 2.75) is 19.6 Å². The van der Waals surface area contributed by atoms with Gasteiger partial charge < -0.3 is 10.2 Å². The van der Waals surface area contributed by atoms with Gasteiger partial charge in [-0.25, -0.2) is 4.68 Å². The van der Waals surface area contributed by atoms with Gasteiger partial charge in [0.25, 0.3) is 0 Å². The summed E-state index contributed by atoms with van der Waals surface area (Å²) in [5, 5.41) is 10.9. The van der Waals surface area contributed by atoms with E-state index in [9.17, 15) is 4.79 Å². The molecule has 0 aliphatic carbocycles. The van der Waals surface area contributed by atoms with Crippen molar-refractivity contribution in [2.24, 2.45) is 0 Å². The zero-order chi connectivity index (χ0) is 14.5. The molecule has 108 valence electrons. The topological polar surface area (TPSA) is 63.1 Å². The van der Waals surface area contributed by atoms with Gasteiger partial charge in [-0.15, -0.1) is 16.4 Å². The standard InChI is InChI=1S/C12H16ClN5OS/c1-14-5-9-6-18(16-15-9)8-12(19)17(2)7-10-3-4-11(13)20-10/h3-4,6,14H,5,7-8H2,1-2H3. The van der Waals surface area contributed by atoms with E-state index in [1.54, 1.807) is 22.8 Å². The van der Waals surface area contributed by atoms with Crippen LogP contribution in [0.1, 0.15) is 10.6 Å². The van der Waals surface area contributed by atoms with Gasteiger partial charge in [0, 0.05) is 18.5 Å². The van der Waals surface area contributed by atoms with E-state index in [-0.39, 0.29) is 12.5 Å². The largest absolute Gasteiger partial charge is 0.339 e. The highest BCUT2D eigenvalue weighted by Gasteiger charge is 2.12. The lowest BCUT2D eigenvalue weighted by molar-refractivity contribution is -0.131. The van der Waals surface area contributed by atoms with E-state index in [1.165, 1.54) is 11.3 Å². The monoisotopic (exact) mass is 313 g/mol. The summed E-state index contributed by atoms with van der Waals surface area (Å²) in [6.07, 6.45) is 1.77. The molecule has 2 heterocycles.